The first kappa shape index (κ1) is 25.3. The van der Waals surface area contributed by atoms with E-state index in [-0.39, 0.29) is 0 Å². The van der Waals surface area contributed by atoms with Gasteiger partial charge in [0.15, 0.2) is 11.5 Å². The first-order chi connectivity index (χ1) is 13.4. The van der Waals surface area contributed by atoms with Gasteiger partial charge in [-0.15, -0.1) is 0 Å². The van der Waals surface area contributed by atoms with Crippen LogP contribution in [0.1, 0.15) is 79.1 Å². The van der Waals surface area contributed by atoms with E-state index in [1.165, 1.54) is 0 Å². The van der Waals surface area contributed by atoms with Crippen LogP contribution in [0.5, 0.6) is 11.5 Å². The van der Waals surface area contributed by atoms with Gasteiger partial charge in [-0.3, -0.25) is 9.13 Å². The number of hydrogen-bond donors (Lipinski definition) is 0. The molecule has 28 heavy (non-hydrogen) atoms. The van der Waals surface area contributed by atoms with Crippen LogP contribution in [0.15, 0.2) is 24.3 Å². The molecule has 0 saturated heterocycles. The summed E-state index contributed by atoms with van der Waals surface area (Å²) in [6.45, 7) is 8.38. The molecule has 0 bridgehead atoms. The molecule has 0 aliphatic heterocycles. The minimum absolute atomic E-state index is 0.478. The summed E-state index contributed by atoms with van der Waals surface area (Å²) >= 11 is 0. The minimum Gasteiger partial charge on any atom is -0.439 e. The summed E-state index contributed by atoms with van der Waals surface area (Å²) in [6.07, 6.45) is 9.82. The zero-order chi connectivity index (χ0) is 20.9. The van der Waals surface area contributed by atoms with Crippen molar-refractivity contribution in [2.45, 2.75) is 79.1 Å². The fraction of sp³-hybridized carbons (Fsp3) is 0.727. The summed E-state index contributed by atoms with van der Waals surface area (Å²) in [5, 5.41) is 0. The lowest BCUT2D eigenvalue weighted by Crippen LogP contribution is -2.06. The van der Waals surface area contributed by atoms with Crippen molar-refractivity contribution in [1.82, 2.24) is 0 Å². The molecule has 4 nitrogen and oxygen atoms in total. The Morgan fingerprint density at radius 2 is 0.893 bits per heavy atom. The van der Waals surface area contributed by atoms with Crippen molar-refractivity contribution in [3.05, 3.63) is 24.3 Å². The van der Waals surface area contributed by atoms with Crippen LogP contribution < -0.4 is 9.05 Å². The van der Waals surface area contributed by atoms with E-state index < -0.39 is 14.7 Å². The van der Waals surface area contributed by atoms with Crippen LogP contribution in [0.3, 0.4) is 0 Å². The Morgan fingerprint density at radius 1 is 0.607 bits per heavy atom. The third kappa shape index (κ3) is 9.19. The maximum Gasteiger partial charge on any atom is 0.248 e. The molecule has 1 aromatic carbocycles. The van der Waals surface area contributed by atoms with Crippen LogP contribution in [-0.4, -0.2) is 24.6 Å². The van der Waals surface area contributed by atoms with E-state index in [1.54, 1.807) is 12.1 Å². The second-order valence-electron chi connectivity index (χ2n) is 7.57. The van der Waals surface area contributed by atoms with Crippen molar-refractivity contribution < 1.29 is 18.2 Å². The van der Waals surface area contributed by atoms with Crippen LogP contribution >= 0.6 is 14.7 Å². The molecule has 0 atom stereocenters. The Morgan fingerprint density at radius 3 is 1.14 bits per heavy atom. The highest BCUT2D eigenvalue weighted by Gasteiger charge is 2.28. The molecule has 0 radical (unpaired) electrons. The van der Waals surface area contributed by atoms with Crippen molar-refractivity contribution in [2.24, 2.45) is 0 Å². The highest BCUT2D eigenvalue weighted by Crippen LogP contribution is 2.55. The molecule has 1 rings (SSSR count). The second kappa shape index (κ2) is 13.5. The molecule has 0 saturated carbocycles. The monoisotopic (exact) mass is 430 g/mol. The Kier molecular flexibility index (Phi) is 12.2. The number of para-hydroxylation sites is 2. The highest BCUT2D eigenvalue weighted by atomic mass is 31.2. The van der Waals surface area contributed by atoms with Gasteiger partial charge in [-0.1, -0.05) is 65.5 Å². The summed E-state index contributed by atoms with van der Waals surface area (Å²) in [6, 6.07) is 7.30. The third-order valence-electron chi connectivity index (χ3n) is 4.79. The van der Waals surface area contributed by atoms with E-state index in [2.05, 4.69) is 27.7 Å². The summed E-state index contributed by atoms with van der Waals surface area (Å²) in [4.78, 5) is 0. The molecule has 162 valence electrons. The molecule has 0 fully saturated rings. The zero-order valence-corrected chi connectivity index (χ0v) is 20.1. The smallest absolute Gasteiger partial charge is 0.248 e. The summed E-state index contributed by atoms with van der Waals surface area (Å²) < 4.78 is 39.0. The van der Waals surface area contributed by atoms with E-state index in [1.807, 2.05) is 12.1 Å². The molecule has 0 aliphatic rings. The molecule has 0 amide bonds. The lowest BCUT2D eigenvalue weighted by Gasteiger charge is -2.24. The molecule has 0 aromatic heterocycles. The Bertz CT molecular complexity index is 566. The summed E-state index contributed by atoms with van der Waals surface area (Å²) in [7, 11) is -5.56. The molecule has 0 heterocycles. The van der Waals surface area contributed by atoms with Gasteiger partial charge >= 0.3 is 0 Å². The number of rotatable bonds is 16. The number of hydrogen-bond acceptors (Lipinski definition) is 4. The molecule has 6 heteroatoms. The lowest BCUT2D eigenvalue weighted by molar-refractivity contribution is 0.442. The Balaban J connectivity index is 3.05. The molecular weight excluding hydrogens is 390 g/mol. The van der Waals surface area contributed by atoms with Gasteiger partial charge in [0.2, 0.25) is 14.7 Å². The first-order valence-electron chi connectivity index (χ1n) is 11.1. The van der Waals surface area contributed by atoms with Gasteiger partial charge in [0, 0.05) is 24.6 Å². The first-order valence-corrected chi connectivity index (χ1v) is 15.0. The maximum atomic E-state index is 13.4. The van der Waals surface area contributed by atoms with Gasteiger partial charge in [-0.25, -0.2) is 0 Å². The largest absolute Gasteiger partial charge is 0.439 e. The number of unbranched alkanes of at least 4 members (excludes halogenated alkanes) is 4. The Labute approximate surface area is 172 Å². The molecule has 0 unspecified atom stereocenters. The topological polar surface area (TPSA) is 52.6 Å². The quantitative estimate of drug-likeness (QED) is 0.248. The van der Waals surface area contributed by atoms with Gasteiger partial charge < -0.3 is 9.05 Å². The zero-order valence-electron chi connectivity index (χ0n) is 18.3. The predicted molar refractivity (Wildman–Crippen MR) is 122 cm³/mol. The molecule has 1 aromatic rings. The second-order valence-corrected chi connectivity index (χ2v) is 13.0. The summed E-state index contributed by atoms with van der Waals surface area (Å²) in [5.41, 5.74) is 0. The van der Waals surface area contributed by atoms with E-state index in [4.69, 9.17) is 9.05 Å². The molecule has 0 N–H and O–H groups in total. The van der Waals surface area contributed by atoms with Crippen LogP contribution in [0.25, 0.3) is 0 Å². The maximum absolute atomic E-state index is 13.4. The van der Waals surface area contributed by atoms with E-state index in [9.17, 15) is 9.13 Å². The van der Waals surface area contributed by atoms with Crippen molar-refractivity contribution >= 4 is 14.7 Å². The van der Waals surface area contributed by atoms with Gasteiger partial charge in [-0.05, 0) is 37.8 Å². The van der Waals surface area contributed by atoms with Gasteiger partial charge in [0.1, 0.15) is 0 Å². The molecule has 0 aliphatic carbocycles. The highest BCUT2D eigenvalue weighted by molar-refractivity contribution is 7.59. The lowest BCUT2D eigenvalue weighted by atomic mass is 10.3. The van der Waals surface area contributed by atoms with E-state index in [0.29, 0.717) is 36.1 Å². The van der Waals surface area contributed by atoms with Crippen LogP contribution in [0, 0.1) is 0 Å². The predicted octanol–water partition coefficient (Wildman–Crippen LogP) is 8.20. The van der Waals surface area contributed by atoms with Crippen LogP contribution in [0.4, 0.5) is 0 Å². The van der Waals surface area contributed by atoms with Crippen molar-refractivity contribution in [1.29, 1.82) is 0 Å². The standard InChI is InChI=1S/C22H40O4P2/c1-5-9-17-27(23,18-10-6-2)25-21-15-13-14-16-22(21)26-28(24,19-11-7-3)20-12-8-4/h13-16H,5-12,17-20H2,1-4H3. The van der Waals surface area contributed by atoms with Crippen molar-refractivity contribution in [3.8, 4) is 11.5 Å². The van der Waals surface area contributed by atoms with Gasteiger partial charge in [0.25, 0.3) is 0 Å². The van der Waals surface area contributed by atoms with Gasteiger partial charge in [-0.2, -0.15) is 0 Å². The Hall–Kier alpha value is -0.720. The SMILES string of the molecule is CCCCP(=O)(CCCC)Oc1ccccc1OP(=O)(CCCC)CCCC. The average Bonchev–Trinajstić information content (AvgIpc) is 2.69. The number of benzene rings is 1. The van der Waals surface area contributed by atoms with E-state index in [0.717, 1.165) is 51.4 Å². The minimum atomic E-state index is -2.78. The van der Waals surface area contributed by atoms with Crippen molar-refractivity contribution in [2.75, 3.05) is 24.6 Å². The van der Waals surface area contributed by atoms with Crippen LogP contribution in [-0.2, 0) is 9.13 Å². The third-order valence-corrected chi connectivity index (χ3v) is 9.84. The fourth-order valence-corrected chi connectivity index (χ4v) is 7.98. The van der Waals surface area contributed by atoms with Crippen molar-refractivity contribution in [3.63, 3.8) is 0 Å². The van der Waals surface area contributed by atoms with E-state index >= 15 is 0 Å². The fourth-order valence-electron chi connectivity index (χ4n) is 2.96. The summed E-state index contributed by atoms with van der Waals surface area (Å²) in [5.74, 6) is 0.956. The van der Waals surface area contributed by atoms with Crippen LogP contribution in [0.2, 0.25) is 0 Å². The van der Waals surface area contributed by atoms with Gasteiger partial charge in [0.05, 0.1) is 0 Å². The molecule has 0 spiro atoms. The normalized spacial score (nSPS) is 12.1. The average molecular weight is 431 g/mol. The molecular formula is C22H40O4P2.